The zero-order valence-corrected chi connectivity index (χ0v) is 12.2. The quantitative estimate of drug-likeness (QED) is 0.733. The summed E-state index contributed by atoms with van der Waals surface area (Å²) in [6.45, 7) is 5.74. The first-order valence-corrected chi connectivity index (χ1v) is 6.76. The highest BCUT2D eigenvalue weighted by Gasteiger charge is 2.32. The fourth-order valence-corrected chi connectivity index (χ4v) is 2.43. The monoisotopic (exact) mass is 294 g/mol. The number of ether oxygens (including phenoxy) is 1. The SMILES string of the molecule is CCc1cc(C)cc(-c2c(C)cccc2OC(F)(F)F)c1. The molecule has 112 valence electrons. The Kier molecular flexibility index (Phi) is 4.26. The maximum atomic E-state index is 12.6. The molecule has 0 unspecified atom stereocenters. The molecule has 0 aliphatic heterocycles. The molecule has 0 aromatic heterocycles. The molecule has 2 aromatic carbocycles. The van der Waals surface area contributed by atoms with Gasteiger partial charge in [0.25, 0.3) is 0 Å². The van der Waals surface area contributed by atoms with Gasteiger partial charge in [0, 0.05) is 5.56 Å². The molecule has 0 radical (unpaired) electrons. The van der Waals surface area contributed by atoms with Gasteiger partial charge in [0.2, 0.25) is 0 Å². The van der Waals surface area contributed by atoms with Gasteiger partial charge in [0.1, 0.15) is 5.75 Å². The minimum absolute atomic E-state index is 0.157. The van der Waals surface area contributed by atoms with E-state index in [2.05, 4.69) is 4.74 Å². The molecular weight excluding hydrogens is 277 g/mol. The molecule has 0 atom stereocenters. The Morgan fingerprint density at radius 1 is 1.05 bits per heavy atom. The molecule has 2 rings (SSSR count). The molecular formula is C17H17F3O. The van der Waals surface area contributed by atoms with Crippen LogP contribution >= 0.6 is 0 Å². The summed E-state index contributed by atoms with van der Waals surface area (Å²) in [6.07, 6.45) is -3.87. The van der Waals surface area contributed by atoms with Crippen molar-refractivity contribution in [3.05, 3.63) is 53.1 Å². The Morgan fingerprint density at radius 3 is 2.38 bits per heavy atom. The number of hydrogen-bond donors (Lipinski definition) is 0. The normalized spacial score (nSPS) is 11.5. The van der Waals surface area contributed by atoms with Crippen LogP contribution in [0.15, 0.2) is 36.4 Å². The van der Waals surface area contributed by atoms with Gasteiger partial charge in [-0.1, -0.05) is 42.8 Å². The van der Waals surface area contributed by atoms with Crippen molar-refractivity contribution in [1.29, 1.82) is 0 Å². The van der Waals surface area contributed by atoms with Gasteiger partial charge < -0.3 is 4.74 Å². The Hall–Kier alpha value is -1.97. The molecule has 0 aliphatic carbocycles. The lowest BCUT2D eigenvalue weighted by molar-refractivity contribution is -0.274. The van der Waals surface area contributed by atoms with Crippen LogP contribution in [0.2, 0.25) is 0 Å². The summed E-state index contributed by atoms with van der Waals surface area (Å²) in [5, 5.41) is 0. The van der Waals surface area contributed by atoms with E-state index in [0.717, 1.165) is 28.7 Å². The van der Waals surface area contributed by atoms with Crippen LogP contribution in [0.1, 0.15) is 23.6 Å². The fourth-order valence-electron chi connectivity index (χ4n) is 2.43. The topological polar surface area (TPSA) is 9.23 Å². The van der Waals surface area contributed by atoms with E-state index >= 15 is 0 Å². The number of aryl methyl sites for hydroxylation is 3. The fraction of sp³-hybridized carbons (Fsp3) is 0.294. The molecule has 0 N–H and O–H groups in total. The smallest absolute Gasteiger partial charge is 0.405 e. The number of benzene rings is 2. The van der Waals surface area contributed by atoms with Gasteiger partial charge in [-0.2, -0.15) is 0 Å². The van der Waals surface area contributed by atoms with Crippen LogP contribution in [-0.4, -0.2) is 6.36 Å². The highest BCUT2D eigenvalue weighted by atomic mass is 19.4. The van der Waals surface area contributed by atoms with Crippen molar-refractivity contribution in [2.75, 3.05) is 0 Å². The van der Waals surface area contributed by atoms with Gasteiger partial charge in [-0.25, -0.2) is 0 Å². The van der Waals surface area contributed by atoms with E-state index in [1.807, 2.05) is 32.0 Å². The zero-order valence-electron chi connectivity index (χ0n) is 12.2. The summed E-state index contributed by atoms with van der Waals surface area (Å²) in [5.41, 5.74) is 4.11. The molecule has 1 nitrogen and oxygen atoms in total. The number of halogens is 3. The van der Waals surface area contributed by atoms with Gasteiger partial charge in [-0.3, -0.25) is 0 Å². The van der Waals surface area contributed by atoms with E-state index < -0.39 is 6.36 Å². The van der Waals surface area contributed by atoms with E-state index in [4.69, 9.17) is 0 Å². The van der Waals surface area contributed by atoms with Gasteiger partial charge in [0.15, 0.2) is 0 Å². The summed E-state index contributed by atoms with van der Waals surface area (Å²) in [6, 6.07) is 10.5. The highest BCUT2D eigenvalue weighted by molar-refractivity contribution is 5.75. The average molecular weight is 294 g/mol. The molecule has 0 saturated carbocycles. The van der Waals surface area contributed by atoms with E-state index in [-0.39, 0.29) is 5.75 Å². The predicted octanol–water partition coefficient (Wildman–Crippen LogP) is 5.43. The largest absolute Gasteiger partial charge is 0.573 e. The standard InChI is InChI=1S/C17H17F3O/c1-4-13-8-11(2)9-14(10-13)16-12(3)6-5-7-15(16)21-17(18,19)20/h5-10H,4H2,1-3H3. The summed E-state index contributed by atoms with van der Waals surface area (Å²) < 4.78 is 41.9. The van der Waals surface area contributed by atoms with E-state index in [9.17, 15) is 13.2 Å². The second-order valence-electron chi connectivity index (χ2n) is 5.06. The summed E-state index contributed by atoms with van der Waals surface area (Å²) in [4.78, 5) is 0. The third-order valence-corrected chi connectivity index (χ3v) is 3.29. The third kappa shape index (κ3) is 3.78. The van der Waals surface area contributed by atoms with Gasteiger partial charge in [-0.15, -0.1) is 13.2 Å². The lowest BCUT2D eigenvalue weighted by Gasteiger charge is -2.16. The van der Waals surface area contributed by atoms with Gasteiger partial charge in [-0.05, 0) is 43.0 Å². The second-order valence-corrected chi connectivity index (χ2v) is 5.06. The maximum Gasteiger partial charge on any atom is 0.573 e. The average Bonchev–Trinajstić information content (AvgIpc) is 2.36. The van der Waals surface area contributed by atoms with Crippen LogP contribution in [-0.2, 0) is 6.42 Å². The molecule has 2 aromatic rings. The summed E-state index contributed by atoms with van der Waals surface area (Å²) in [5.74, 6) is -0.157. The second kappa shape index (κ2) is 5.80. The van der Waals surface area contributed by atoms with Crippen LogP contribution in [0.25, 0.3) is 11.1 Å². The Balaban J connectivity index is 2.60. The molecule has 0 saturated heterocycles. The number of alkyl halides is 3. The van der Waals surface area contributed by atoms with E-state index in [0.29, 0.717) is 5.56 Å². The first-order valence-electron chi connectivity index (χ1n) is 6.76. The Labute approximate surface area is 122 Å². The van der Waals surface area contributed by atoms with Crippen LogP contribution in [0.3, 0.4) is 0 Å². The van der Waals surface area contributed by atoms with Crippen molar-refractivity contribution >= 4 is 0 Å². The molecule has 4 heteroatoms. The Morgan fingerprint density at radius 2 is 1.76 bits per heavy atom. The summed E-state index contributed by atoms with van der Waals surface area (Å²) >= 11 is 0. The third-order valence-electron chi connectivity index (χ3n) is 3.29. The molecule has 0 fully saturated rings. The van der Waals surface area contributed by atoms with Crippen molar-refractivity contribution in [3.8, 4) is 16.9 Å². The minimum atomic E-state index is -4.69. The van der Waals surface area contributed by atoms with Crippen molar-refractivity contribution in [3.63, 3.8) is 0 Å². The van der Waals surface area contributed by atoms with Crippen LogP contribution in [0.4, 0.5) is 13.2 Å². The lowest BCUT2D eigenvalue weighted by atomic mass is 9.95. The molecule has 0 amide bonds. The number of rotatable bonds is 3. The molecule has 0 spiro atoms. The van der Waals surface area contributed by atoms with Crippen molar-refractivity contribution < 1.29 is 17.9 Å². The van der Waals surface area contributed by atoms with Gasteiger partial charge in [0.05, 0.1) is 0 Å². The van der Waals surface area contributed by atoms with Crippen molar-refractivity contribution in [2.24, 2.45) is 0 Å². The van der Waals surface area contributed by atoms with Gasteiger partial charge >= 0.3 is 6.36 Å². The van der Waals surface area contributed by atoms with Crippen molar-refractivity contribution in [2.45, 2.75) is 33.6 Å². The van der Waals surface area contributed by atoms with E-state index in [1.54, 1.807) is 19.1 Å². The minimum Gasteiger partial charge on any atom is -0.405 e. The Bertz CT molecular complexity index is 645. The van der Waals surface area contributed by atoms with Crippen LogP contribution in [0.5, 0.6) is 5.75 Å². The first kappa shape index (κ1) is 15.4. The zero-order chi connectivity index (χ0) is 15.6. The first-order chi connectivity index (χ1) is 9.80. The highest BCUT2D eigenvalue weighted by Crippen LogP contribution is 2.37. The lowest BCUT2D eigenvalue weighted by Crippen LogP contribution is -2.17. The molecule has 21 heavy (non-hydrogen) atoms. The number of hydrogen-bond acceptors (Lipinski definition) is 1. The summed E-state index contributed by atoms with van der Waals surface area (Å²) in [7, 11) is 0. The molecule has 0 aliphatic rings. The predicted molar refractivity (Wildman–Crippen MR) is 77.4 cm³/mol. The van der Waals surface area contributed by atoms with E-state index in [1.165, 1.54) is 6.07 Å². The van der Waals surface area contributed by atoms with Crippen LogP contribution < -0.4 is 4.74 Å². The maximum absolute atomic E-state index is 12.6. The van der Waals surface area contributed by atoms with Crippen molar-refractivity contribution in [1.82, 2.24) is 0 Å². The molecule has 0 bridgehead atoms. The van der Waals surface area contributed by atoms with Crippen LogP contribution in [0, 0.1) is 13.8 Å². The molecule has 0 heterocycles.